The Hall–Kier alpha value is -2.13. The van der Waals surface area contributed by atoms with Crippen LogP contribution < -0.4 is 0 Å². The number of imidazole rings is 1. The van der Waals surface area contributed by atoms with Crippen molar-refractivity contribution in [1.29, 1.82) is 0 Å². The van der Waals surface area contributed by atoms with Gasteiger partial charge in [-0.3, -0.25) is 4.79 Å². The molecule has 1 aromatic carbocycles. The monoisotopic (exact) mass is 284 g/mol. The summed E-state index contributed by atoms with van der Waals surface area (Å²) in [5.41, 5.74) is 3.76. The van der Waals surface area contributed by atoms with E-state index in [-0.39, 0.29) is 11.2 Å². The average molecular weight is 285 g/mol. The third-order valence-corrected chi connectivity index (χ3v) is 3.74. The van der Waals surface area contributed by atoms with Gasteiger partial charge in [0.2, 0.25) is 5.24 Å². The van der Waals surface area contributed by atoms with Crippen LogP contribution in [0.1, 0.15) is 18.4 Å². The zero-order chi connectivity index (χ0) is 14.1. The van der Waals surface area contributed by atoms with Gasteiger partial charge in [-0.25, -0.2) is 4.98 Å². The summed E-state index contributed by atoms with van der Waals surface area (Å²) >= 11 is 5.52. The lowest BCUT2D eigenvalue weighted by Gasteiger charge is -2.06. The summed E-state index contributed by atoms with van der Waals surface area (Å²) in [4.78, 5) is 15.7. The smallest absolute Gasteiger partial charge is 0.228 e. The number of rotatable bonds is 3. The number of fused-ring (bicyclic) bond motifs is 1. The van der Waals surface area contributed by atoms with Crippen LogP contribution in [-0.2, 0) is 4.79 Å². The molecule has 0 bridgehead atoms. The molecule has 0 aliphatic heterocycles. The molecule has 0 spiro atoms. The van der Waals surface area contributed by atoms with Crippen molar-refractivity contribution in [1.82, 2.24) is 9.38 Å². The largest absolute Gasteiger partial charge is 0.306 e. The van der Waals surface area contributed by atoms with Crippen LogP contribution in [-0.4, -0.2) is 14.6 Å². The number of halogens is 1. The second kappa shape index (κ2) is 5.10. The molecule has 0 aliphatic rings. The van der Waals surface area contributed by atoms with Gasteiger partial charge in [-0.15, -0.1) is 0 Å². The van der Waals surface area contributed by atoms with Gasteiger partial charge in [0, 0.05) is 18.0 Å². The molecule has 0 amide bonds. The Morgan fingerprint density at radius 2 is 1.95 bits per heavy atom. The molecule has 3 rings (SSSR count). The van der Waals surface area contributed by atoms with Gasteiger partial charge < -0.3 is 4.40 Å². The first-order chi connectivity index (χ1) is 9.65. The molecule has 3 nitrogen and oxygen atoms in total. The van der Waals surface area contributed by atoms with Gasteiger partial charge in [0.1, 0.15) is 5.65 Å². The van der Waals surface area contributed by atoms with E-state index in [1.54, 1.807) is 6.92 Å². The zero-order valence-electron chi connectivity index (χ0n) is 11.0. The minimum absolute atomic E-state index is 0.285. The number of aromatic nitrogens is 2. The quantitative estimate of drug-likeness (QED) is 0.684. The van der Waals surface area contributed by atoms with Gasteiger partial charge in [0.15, 0.2) is 0 Å². The van der Waals surface area contributed by atoms with Crippen molar-refractivity contribution in [2.24, 2.45) is 0 Å². The lowest BCUT2D eigenvalue weighted by molar-refractivity contribution is -0.112. The molecule has 0 saturated carbocycles. The highest BCUT2D eigenvalue weighted by molar-refractivity contribution is 6.64. The van der Waals surface area contributed by atoms with Crippen molar-refractivity contribution < 1.29 is 4.79 Å². The minimum Gasteiger partial charge on any atom is -0.306 e. The van der Waals surface area contributed by atoms with E-state index < -0.39 is 0 Å². The molecule has 2 aromatic heterocycles. The number of carbonyl (C=O) groups is 1. The Bertz CT molecular complexity index is 729. The SMILES string of the molecule is CC(C(=O)Cl)c1ccc(-c2cn3ccccc3n2)cc1. The van der Waals surface area contributed by atoms with E-state index in [1.165, 1.54) is 0 Å². The lowest BCUT2D eigenvalue weighted by atomic mass is 10.0. The van der Waals surface area contributed by atoms with Crippen LogP contribution in [0.15, 0.2) is 54.9 Å². The maximum atomic E-state index is 11.2. The first-order valence-electron chi connectivity index (χ1n) is 6.38. The van der Waals surface area contributed by atoms with Crippen molar-refractivity contribution in [3.05, 3.63) is 60.4 Å². The Kier molecular flexibility index (Phi) is 3.28. The number of benzene rings is 1. The van der Waals surface area contributed by atoms with Crippen molar-refractivity contribution in [2.45, 2.75) is 12.8 Å². The van der Waals surface area contributed by atoms with Gasteiger partial charge in [-0.05, 0) is 29.3 Å². The van der Waals surface area contributed by atoms with E-state index in [4.69, 9.17) is 11.6 Å². The highest BCUT2D eigenvalue weighted by Crippen LogP contribution is 2.23. The maximum absolute atomic E-state index is 11.2. The molecule has 0 aliphatic carbocycles. The topological polar surface area (TPSA) is 34.4 Å². The second-order valence-corrected chi connectivity index (χ2v) is 5.11. The van der Waals surface area contributed by atoms with E-state index in [0.29, 0.717) is 0 Å². The van der Waals surface area contributed by atoms with Crippen LogP contribution in [0, 0.1) is 0 Å². The van der Waals surface area contributed by atoms with E-state index in [9.17, 15) is 4.79 Å². The van der Waals surface area contributed by atoms with Crippen LogP contribution >= 0.6 is 11.6 Å². The number of hydrogen-bond donors (Lipinski definition) is 0. The Morgan fingerprint density at radius 1 is 1.20 bits per heavy atom. The third kappa shape index (κ3) is 2.32. The number of pyridine rings is 1. The molecule has 3 aromatic rings. The predicted molar refractivity (Wildman–Crippen MR) is 79.9 cm³/mol. The average Bonchev–Trinajstić information content (AvgIpc) is 2.90. The van der Waals surface area contributed by atoms with Crippen LogP contribution in [0.3, 0.4) is 0 Å². The van der Waals surface area contributed by atoms with Crippen molar-refractivity contribution in [2.75, 3.05) is 0 Å². The fourth-order valence-corrected chi connectivity index (χ4v) is 2.27. The molecule has 100 valence electrons. The van der Waals surface area contributed by atoms with Crippen molar-refractivity contribution >= 4 is 22.5 Å². The highest BCUT2D eigenvalue weighted by Gasteiger charge is 2.12. The van der Waals surface area contributed by atoms with Gasteiger partial charge in [-0.2, -0.15) is 0 Å². The summed E-state index contributed by atoms with van der Waals surface area (Å²) in [6.45, 7) is 1.80. The number of carbonyl (C=O) groups excluding carboxylic acids is 1. The van der Waals surface area contributed by atoms with Crippen LogP contribution in [0.4, 0.5) is 0 Å². The molecule has 20 heavy (non-hydrogen) atoms. The molecular weight excluding hydrogens is 272 g/mol. The first kappa shape index (κ1) is 12.9. The molecule has 2 heterocycles. The molecule has 0 saturated heterocycles. The molecule has 1 atom stereocenters. The molecule has 0 fully saturated rings. The summed E-state index contributed by atoms with van der Waals surface area (Å²) < 4.78 is 1.98. The van der Waals surface area contributed by atoms with E-state index in [2.05, 4.69) is 4.98 Å². The van der Waals surface area contributed by atoms with Crippen LogP contribution in [0.5, 0.6) is 0 Å². The van der Waals surface area contributed by atoms with E-state index >= 15 is 0 Å². The van der Waals surface area contributed by atoms with Crippen molar-refractivity contribution in [3.63, 3.8) is 0 Å². The maximum Gasteiger partial charge on any atom is 0.228 e. The predicted octanol–water partition coefficient (Wildman–Crippen LogP) is 3.87. The van der Waals surface area contributed by atoms with Gasteiger partial charge in [0.05, 0.1) is 11.6 Å². The van der Waals surface area contributed by atoms with Crippen LogP contribution in [0.2, 0.25) is 0 Å². The molecule has 0 N–H and O–H groups in total. The van der Waals surface area contributed by atoms with Crippen molar-refractivity contribution in [3.8, 4) is 11.3 Å². The number of nitrogens with zero attached hydrogens (tertiary/aromatic N) is 2. The molecule has 4 heteroatoms. The second-order valence-electron chi connectivity index (χ2n) is 4.74. The fraction of sp³-hybridized carbons (Fsp3) is 0.125. The normalized spacial score (nSPS) is 12.5. The summed E-state index contributed by atoms with van der Waals surface area (Å²) in [6.07, 6.45) is 3.95. The van der Waals surface area contributed by atoms with Gasteiger partial charge in [0.25, 0.3) is 0 Å². The van der Waals surface area contributed by atoms with Gasteiger partial charge >= 0.3 is 0 Å². The van der Waals surface area contributed by atoms with Crippen LogP contribution in [0.25, 0.3) is 16.9 Å². The summed E-state index contributed by atoms with van der Waals surface area (Å²) in [5.74, 6) is -0.285. The Labute approximate surface area is 121 Å². The minimum atomic E-state index is -0.342. The zero-order valence-corrected chi connectivity index (χ0v) is 11.7. The van der Waals surface area contributed by atoms with E-state index in [0.717, 1.165) is 22.5 Å². The fourth-order valence-electron chi connectivity index (χ4n) is 2.15. The lowest BCUT2D eigenvalue weighted by Crippen LogP contribution is -2.01. The highest BCUT2D eigenvalue weighted by atomic mass is 35.5. The number of hydrogen-bond acceptors (Lipinski definition) is 2. The molecular formula is C16H13ClN2O. The Morgan fingerprint density at radius 3 is 2.60 bits per heavy atom. The third-order valence-electron chi connectivity index (χ3n) is 3.41. The molecule has 1 unspecified atom stereocenters. The first-order valence-corrected chi connectivity index (χ1v) is 6.76. The van der Waals surface area contributed by atoms with E-state index in [1.807, 2.05) is 59.3 Å². The Balaban J connectivity index is 1.96. The summed E-state index contributed by atoms with van der Waals surface area (Å²) in [6, 6.07) is 13.7. The molecule has 0 radical (unpaired) electrons. The summed E-state index contributed by atoms with van der Waals surface area (Å²) in [7, 11) is 0. The summed E-state index contributed by atoms with van der Waals surface area (Å²) in [5, 5.41) is -0.342. The van der Waals surface area contributed by atoms with Gasteiger partial charge in [-0.1, -0.05) is 37.3 Å². The standard InChI is InChI=1S/C16H13ClN2O/c1-11(16(17)20)12-5-7-13(8-6-12)14-10-19-9-3-2-4-15(19)18-14/h2-11H,1H3.